The van der Waals surface area contributed by atoms with Gasteiger partial charge in [-0.05, 0) is 38.2 Å². The molecular formula is C18H24N2O5S. The van der Waals surface area contributed by atoms with Gasteiger partial charge in [-0.25, -0.2) is 4.79 Å². The number of rotatable bonds is 6. The molecule has 142 valence electrons. The third-order valence-electron chi connectivity index (χ3n) is 4.71. The second-order valence-electron chi connectivity index (χ2n) is 6.43. The molecule has 1 aromatic carbocycles. The van der Waals surface area contributed by atoms with Gasteiger partial charge in [-0.2, -0.15) is 0 Å². The molecule has 0 saturated heterocycles. The molecule has 0 unspecified atom stereocenters. The van der Waals surface area contributed by atoms with Crippen molar-refractivity contribution in [2.75, 3.05) is 13.3 Å². The van der Waals surface area contributed by atoms with E-state index in [2.05, 4.69) is 0 Å². The Morgan fingerprint density at radius 3 is 2.54 bits per heavy atom. The molecule has 1 atom stereocenters. The van der Waals surface area contributed by atoms with E-state index in [1.807, 2.05) is 0 Å². The number of nitro benzene ring substituents is 1. The monoisotopic (exact) mass is 380 g/mol. The molecule has 2 rings (SSSR count). The number of carbonyl (C=O) groups is 2. The van der Waals surface area contributed by atoms with E-state index in [0.717, 1.165) is 25.7 Å². The van der Waals surface area contributed by atoms with Crippen molar-refractivity contribution in [1.29, 1.82) is 0 Å². The van der Waals surface area contributed by atoms with E-state index < -0.39 is 17.0 Å². The Balaban J connectivity index is 2.05. The number of esters is 1. The van der Waals surface area contributed by atoms with Gasteiger partial charge < -0.3 is 9.64 Å². The second-order valence-corrected chi connectivity index (χ2v) is 7.28. The maximum Gasteiger partial charge on any atom is 0.339 e. The topological polar surface area (TPSA) is 89.8 Å². The Morgan fingerprint density at radius 2 is 1.96 bits per heavy atom. The lowest BCUT2D eigenvalue weighted by Crippen LogP contribution is -2.44. The van der Waals surface area contributed by atoms with Crippen LogP contribution >= 0.6 is 11.8 Å². The smallest absolute Gasteiger partial charge is 0.339 e. The van der Waals surface area contributed by atoms with Crippen molar-refractivity contribution in [2.24, 2.45) is 0 Å². The molecule has 8 heteroatoms. The zero-order valence-corrected chi connectivity index (χ0v) is 16.1. The molecule has 1 saturated carbocycles. The molecule has 1 aliphatic rings. The number of nitro groups is 1. The van der Waals surface area contributed by atoms with Crippen LogP contribution in [0.25, 0.3) is 0 Å². The zero-order valence-electron chi connectivity index (χ0n) is 15.3. The van der Waals surface area contributed by atoms with E-state index in [-0.39, 0.29) is 23.2 Å². The van der Waals surface area contributed by atoms with Gasteiger partial charge in [0.2, 0.25) is 0 Å². The van der Waals surface area contributed by atoms with Gasteiger partial charge >= 0.3 is 5.97 Å². The minimum absolute atomic E-state index is 0.0643. The maximum absolute atomic E-state index is 12.5. The van der Waals surface area contributed by atoms with Crippen LogP contribution in [0, 0.1) is 10.1 Å². The molecule has 1 fully saturated rings. The number of hydrogen-bond acceptors (Lipinski definition) is 6. The Morgan fingerprint density at radius 1 is 1.31 bits per heavy atom. The van der Waals surface area contributed by atoms with Crippen molar-refractivity contribution >= 4 is 29.3 Å². The summed E-state index contributed by atoms with van der Waals surface area (Å²) in [5.41, 5.74) is -0.0836. The second kappa shape index (κ2) is 9.02. The van der Waals surface area contributed by atoms with Gasteiger partial charge in [0, 0.05) is 19.2 Å². The highest BCUT2D eigenvalue weighted by molar-refractivity contribution is 7.98. The molecule has 0 aliphatic heterocycles. The van der Waals surface area contributed by atoms with Gasteiger partial charge in [0.05, 0.1) is 15.4 Å². The van der Waals surface area contributed by atoms with E-state index in [1.165, 1.54) is 43.3 Å². The van der Waals surface area contributed by atoms with Crippen LogP contribution in [0.15, 0.2) is 23.1 Å². The fourth-order valence-corrected chi connectivity index (χ4v) is 3.72. The first-order valence-corrected chi connectivity index (χ1v) is 9.87. The van der Waals surface area contributed by atoms with Gasteiger partial charge in [0.15, 0.2) is 6.10 Å². The lowest BCUT2D eigenvalue weighted by atomic mass is 9.94. The number of carbonyl (C=O) groups excluding carboxylic acids is 2. The Kier molecular flexibility index (Phi) is 7.02. The molecule has 0 aromatic heterocycles. The first-order valence-electron chi connectivity index (χ1n) is 8.65. The van der Waals surface area contributed by atoms with Crippen LogP contribution < -0.4 is 0 Å². The molecule has 26 heavy (non-hydrogen) atoms. The molecule has 0 radical (unpaired) electrons. The summed E-state index contributed by atoms with van der Waals surface area (Å²) in [5, 5.41) is 11.1. The average molecular weight is 380 g/mol. The predicted molar refractivity (Wildman–Crippen MR) is 99.4 cm³/mol. The normalized spacial score (nSPS) is 16.0. The Hall–Kier alpha value is -2.09. The fraction of sp³-hybridized carbons (Fsp3) is 0.556. The van der Waals surface area contributed by atoms with Crippen molar-refractivity contribution in [3.63, 3.8) is 0 Å². The van der Waals surface area contributed by atoms with E-state index in [9.17, 15) is 19.7 Å². The van der Waals surface area contributed by atoms with Crippen molar-refractivity contribution in [3.8, 4) is 0 Å². The fourth-order valence-electron chi connectivity index (χ4n) is 3.17. The number of ether oxygens (including phenoxy) is 1. The Bertz CT molecular complexity index is 688. The van der Waals surface area contributed by atoms with Gasteiger partial charge in [-0.3, -0.25) is 14.9 Å². The lowest BCUT2D eigenvalue weighted by Gasteiger charge is -2.32. The van der Waals surface area contributed by atoms with Crippen LogP contribution in [-0.2, 0) is 9.53 Å². The van der Waals surface area contributed by atoms with Gasteiger partial charge in [0.1, 0.15) is 0 Å². The minimum Gasteiger partial charge on any atom is -0.449 e. The van der Waals surface area contributed by atoms with Crippen molar-refractivity contribution in [3.05, 3.63) is 33.9 Å². The minimum atomic E-state index is -0.936. The largest absolute Gasteiger partial charge is 0.449 e. The zero-order chi connectivity index (χ0) is 19.3. The summed E-state index contributed by atoms with van der Waals surface area (Å²) >= 11 is 1.23. The standard InChI is InChI=1S/C18H24N2O5S/c1-12(17(21)19(2)14-7-5-4-6-8-14)25-18(22)13-9-10-16(26-3)15(11-13)20(23)24/h9-12,14H,4-8H2,1-3H3/t12-/m0/s1. The summed E-state index contributed by atoms with van der Waals surface area (Å²) in [6.07, 6.45) is 6.10. The van der Waals surface area contributed by atoms with Crippen molar-refractivity contribution < 1.29 is 19.2 Å². The van der Waals surface area contributed by atoms with Crippen molar-refractivity contribution in [1.82, 2.24) is 4.90 Å². The van der Waals surface area contributed by atoms with Gasteiger partial charge in [-0.1, -0.05) is 19.3 Å². The summed E-state index contributed by atoms with van der Waals surface area (Å²) in [5.74, 6) is -0.987. The number of amides is 1. The predicted octanol–water partition coefficient (Wildman–Crippen LogP) is 3.65. The van der Waals surface area contributed by atoms with E-state index in [4.69, 9.17) is 4.74 Å². The van der Waals surface area contributed by atoms with Crippen LogP contribution in [-0.4, -0.2) is 47.1 Å². The molecule has 1 aliphatic carbocycles. The third kappa shape index (κ3) is 4.75. The molecule has 0 spiro atoms. The van der Waals surface area contributed by atoms with Gasteiger partial charge in [-0.15, -0.1) is 11.8 Å². The molecule has 1 aromatic rings. The first kappa shape index (κ1) is 20.2. The third-order valence-corrected chi connectivity index (χ3v) is 5.50. The van der Waals surface area contributed by atoms with Crippen LogP contribution in [0.5, 0.6) is 0 Å². The summed E-state index contributed by atoms with van der Waals surface area (Å²) in [7, 11) is 1.74. The van der Waals surface area contributed by atoms with E-state index in [0.29, 0.717) is 4.90 Å². The summed E-state index contributed by atoms with van der Waals surface area (Å²) in [6, 6.07) is 4.36. The highest BCUT2D eigenvalue weighted by Gasteiger charge is 2.28. The highest BCUT2D eigenvalue weighted by atomic mass is 32.2. The van der Waals surface area contributed by atoms with Crippen LogP contribution in [0.3, 0.4) is 0 Å². The van der Waals surface area contributed by atoms with Gasteiger partial charge in [0.25, 0.3) is 11.6 Å². The van der Waals surface area contributed by atoms with Crippen molar-refractivity contribution in [2.45, 2.75) is 56.1 Å². The lowest BCUT2D eigenvalue weighted by molar-refractivity contribution is -0.387. The number of benzene rings is 1. The number of likely N-dealkylation sites (N-methyl/N-ethyl adjacent to an activating group) is 1. The average Bonchev–Trinajstić information content (AvgIpc) is 2.66. The summed E-state index contributed by atoms with van der Waals surface area (Å²) in [6.45, 7) is 1.53. The molecule has 7 nitrogen and oxygen atoms in total. The molecule has 1 amide bonds. The van der Waals surface area contributed by atoms with Crippen LogP contribution in [0.2, 0.25) is 0 Å². The molecule has 0 heterocycles. The number of nitrogens with zero attached hydrogens (tertiary/aromatic N) is 2. The first-order chi connectivity index (χ1) is 12.3. The maximum atomic E-state index is 12.5. The highest BCUT2D eigenvalue weighted by Crippen LogP contribution is 2.29. The Labute approximate surface area is 157 Å². The summed E-state index contributed by atoms with van der Waals surface area (Å²) in [4.78, 5) is 37.6. The molecule has 0 N–H and O–H groups in total. The quantitative estimate of drug-likeness (QED) is 0.324. The molecular weight excluding hydrogens is 356 g/mol. The SMILES string of the molecule is CSc1ccc(C(=O)O[C@@H](C)C(=O)N(C)C2CCCCC2)cc1[N+](=O)[O-]. The number of hydrogen-bond donors (Lipinski definition) is 0. The van der Waals surface area contributed by atoms with E-state index in [1.54, 1.807) is 18.2 Å². The summed E-state index contributed by atoms with van der Waals surface area (Å²) < 4.78 is 5.26. The van der Waals surface area contributed by atoms with Crippen LogP contribution in [0.1, 0.15) is 49.4 Å². The molecule has 0 bridgehead atoms. The van der Waals surface area contributed by atoms with E-state index >= 15 is 0 Å². The number of thioether (sulfide) groups is 1. The van der Waals surface area contributed by atoms with Crippen LogP contribution in [0.4, 0.5) is 5.69 Å².